The Morgan fingerprint density at radius 3 is 2.76 bits per heavy atom. The van der Waals surface area contributed by atoms with Crippen LogP contribution in [-0.4, -0.2) is 28.4 Å². The lowest BCUT2D eigenvalue weighted by Gasteiger charge is -2.38. The molecular formula is C13H16O4. The summed E-state index contributed by atoms with van der Waals surface area (Å²) in [5.74, 6) is -1.04. The lowest BCUT2D eigenvalue weighted by atomic mass is 9.74. The molecule has 0 saturated heterocycles. The Balaban J connectivity index is 2.50. The number of carboxylic acid groups (broad SMARTS) is 1. The first-order chi connectivity index (χ1) is 7.94. The molecule has 0 bridgehead atoms. The number of hydrogen-bond acceptors (Lipinski definition) is 3. The van der Waals surface area contributed by atoms with Crippen LogP contribution in [0.5, 0.6) is 5.75 Å². The van der Waals surface area contributed by atoms with E-state index in [0.29, 0.717) is 12.4 Å². The predicted molar refractivity (Wildman–Crippen MR) is 62.1 cm³/mol. The van der Waals surface area contributed by atoms with Crippen molar-refractivity contribution in [3.8, 4) is 5.75 Å². The molecular weight excluding hydrogens is 220 g/mol. The number of aliphatic carboxylic acids is 1. The number of ether oxygens (including phenoxy) is 1. The van der Waals surface area contributed by atoms with Gasteiger partial charge in [0.25, 0.3) is 0 Å². The standard InChI is InChI=1S/C13H16O4/c1-8-7-17-10-6-4-3-5-9(10)11(8)13(2,16)12(14)15/h3-6,8,11,16H,7H2,1-2H3,(H,14,15). The van der Waals surface area contributed by atoms with Crippen LogP contribution in [0.3, 0.4) is 0 Å². The van der Waals surface area contributed by atoms with Crippen LogP contribution in [0.15, 0.2) is 24.3 Å². The fourth-order valence-electron chi connectivity index (χ4n) is 2.48. The Kier molecular flexibility index (Phi) is 2.83. The highest BCUT2D eigenvalue weighted by atomic mass is 16.5. The summed E-state index contributed by atoms with van der Waals surface area (Å²) in [7, 11) is 0. The van der Waals surface area contributed by atoms with Gasteiger partial charge in [-0.2, -0.15) is 0 Å². The highest BCUT2D eigenvalue weighted by Gasteiger charge is 2.46. The molecule has 3 atom stereocenters. The van der Waals surface area contributed by atoms with Crippen LogP contribution < -0.4 is 4.74 Å². The average molecular weight is 236 g/mol. The molecule has 1 aliphatic heterocycles. The van der Waals surface area contributed by atoms with Gasteiger partial charge in [-0.1, -0.05) is 25.1 Å². The number of benzene rings is 1. The Morgan fingerprint density at radius 2 is 2.12 bits per heavy atom. The van der Waals surface area contributed by atoms with Gasteiger partial charge in [-0.25, -0.2) is 4.79 Å². The van der Waals surface area contributed by atoms with E-state index in [0.717, 1.165) is 5.56 Å². The first-order valence-corrected chi connectivity index (χ1v) is 5.62. The molecule has 0 radical (unpaired) electrons. The molecule has 0 saturated carbocycles. The summed E-state index contributed by atoms with van der Waals surface area (Å²) in [6.45, 7) is 3.65. The number of carbonyl (C=O) groups is 1. The second-order valence-corrected chi connectivity index (χ2v) is 4.76. The topological polar surface area (TPSA) is 66.8 Å². The minimum Gasteiger partial charge on any atom is -0.493 e. The van der Waals surface area contributed by atoms with Crippen molar-refractivity contribution in [2.75, 3.05) is 6.61 Å². The van der Waals surface area contributed by atoms with Crippen LogP contribution in [0.1, 0.15) is 25.3 Å². The van der Waals surface area contributed by atoms with Gasteiger partial charge < -0.3 is 14.9 Å². The Labute approximate surface area is 99.8 Å². The molecule has 1 aromatic rings. The highest BCUT2D eigenvalue weighted by Crippen LogP contribution is 2.43. The Bertz CT molecular complexity index is 439. The Morgan fingerprint density at radius 1 is 1.47 bits per heavy atom. The van der Waals surface area contributed by atoms with Gasteiger partial charge in [0.15, 0.2) is 5.60 Å². The fraction of sp³-hybridized carbons (Fsp3) is 0.462. The van der Waals surface area contributed by atoms with Crippen molar-refractivity contribution in [3.63, 3.8) is 0 Å². The first-order valence-electron chi connectivity index (χ1n) is 5.62. The summed E-state index contributed by atoms with van der Waals surface area (Å²) in [4.78, 5) is 11.2. The van der Waals surface area contributed by atoms with Crippen LogP contribution in [0.4, 0.5) is 0 Å². The van der Waals surface area contributed by atoms with Crippen LogP contribution in [-0.2, 0) is 4.79 Å². The molecule has 0 spiro atoms. The smallest absolute Gasteiger partial charge is 0.336 e. The largest absolute Gasteiger partial charge is 0.493 e. The fourth-order valence-corrected chi connectivity index (χ4v) is 2.48. The van der Waals surface area contributed by atoms with Crippen LogP contribution in [0, 0.1) is 5.92 Å². The normalized spacial score (nSPS) is 26.5. The SMILES string of the molecule is CC1COc2ccccc2C1C(C)(O)C(=O)O. The zero-order valence-electron chi connectivity index (χ0n) is 9.88. The molecule has 0 aromatic heterocycles. The number of rotatable bonds is 2. The monoisotopic (exact) mass is 236 g/mol. The molecule has 1 heterocycles. The number of fused-ring (bicyclic) bond motifs is 1. The maximum atomic E-state index is 11.2. The summed E-state index contributed by atoms with van der Waals surface area (Å²) in [5, 5.41) is 19.3. The minimum absolute atomic E-state index is 0.0454. The lowest BCUT2D eigenvalue weighted by molar-refractivity contribution is -0.161. The van der Waals surface area contributed by atoms with Crippen molar-refractivity contribution in [2.24, 2.45) is 5.92 Å². The van der Waals surface area contributed by atoms with Gasteiger partial charge in [0.1, 0.15) is 5.75 Å². The van der Waals surface area contributed by atoms with E-state index in [1.54, 1.807) is 6.07 Å². The molecule has 4 nitrogen and oxygen atoms in total. The molecule has 3 unspecified atom stereocenters. The summed E-state index contributed by atoms with van der Waals surface area (Å²) in [5.41, 5.74) is -1.02. The summed E-state index contributed by atoms with van der Waals surface area (Å²) < 4.78 is 5.54. The molecule has 1 aliphatic rings. The van der Waals surface area contributed by atoms with Crippen LogP contribution >= 0.6 is 0 Å². The third-order valence-corrected chi connectivity index (χ3v) is 3.36. The molecule has 2 N–H and O–H groups in total. The van der Waals surface area contributed by atoms with Crippen molar-refractivity contribution in [2.45, 2.75) is 25.4 Å². The van der Waals surface area contributed by atoms with Gasteiger partial charge in [-0.15, -0.1) is 0 Å². The van der Waals surface area contributed by atoms with E-state index in [4.69, 9.17) is 9.84 Å². The van der Waals surface area contributed by atoms with Crippen LogP contribution in [0.2, 0.25) is 0 Å². The Hall–Kier alpha value is -1.55. The van der Waals surface area contributed by atoms with Crippen molar-refractivity contribution in [1.29, 1.82) is 0 Å². The van der Waals surface area contributed by atoms with Gasteiger partial charge in [0, 0.05) is 17.4 Å². The number of carboxylic acids is 1. The predicted octanol–water partition coefficient (Wildman–Crippen LogP) is 1.63. The van der Waals surface area contributed by atoms with Gasteiger partial charge in [-0.3, -0.25) is 0 Å². The quantitative estimate of drug-likeness (QED) is 0.819. The highest BCUT2D eigenvalue weighted by molar-refractivity contribution is 5.78. The van der Waals surface area contributed by atoms with E-state index in [1.165, 1.54) is 6.92 Å². The number of para-hydroxylation sites is 1. The van der Waals surface area contributed by atoms with E-state index in [9.17, 15) is 9.90 Å². The van der Waals surface area contributed by atoms with E-state index < -0.39 is 17.5 Å². The van der Waals surface area contributed by atoms with Crippen LogP contribution in [0.25, 0.3) is 0 Å². The summed E-state index contributed by atoms with van der Waals surface area (Å²) in [6, 6.07) is 7.27. The lowest BCUT2D eigenvalue weighted by Crippen LogP contribution is -2.46. The van der Waals surface area contributed by atoms with Crippen molar-refractivity contribution in [1.82, 2.24) is 0 Å². The van der Waals surface area contributed by atoms with E-state index in [2.05, 4.69) is 0 Å². The van der Waals surface area contributed by atoms with Crippen molar-refractivity contribution >= 4 is 5.97 Å². The first kappa shape index (κ1) is 11.9. The minimum atomic E-state index is -1.78. The second kappa shape index (κ2) is 4.04. The number of hydrogen-bond donors (Lipinski definition) is 2. The number of aliphatic hydroxyl groups is 1. The average Bonchev–Trinajstić information content (AvgIpc) is 2.28. The van der Waals surface area contributed by atoms with E-state index in [1.807, 2.05) is 25.1 Å². The molecule has 4 heteroatoms. The molecule has 17 heavy (non-hydrogen) atoms. The van der Waals surface area contributed by atoms with E-state index >= 15 is 0 Å². The van der Waals surface area contributed by atoms with Gasteiger partial charge in [0.05, 0.1) is 6.61 Å². The van der Waals surface area contributed by atoms with Crippen molar-refractivity contribution in [3.05, 3.63) is 29.8 Å². The van der Waals surface area contributed by atoms with Gasteiger partial charge in [-0.05, 0) is 13.0 Å². The van der Waals surface area contributed by atoms with Crippen molar-refractivity contribution < 1.29 is 19.7 Å². The zero-order chi connectivity index (χ0) is 12.6. The third-order valence-electron chi connectivity index (χ3n) is 3.36. The van der Waals surface area contributed by atoms with E-state index in [-0.39, 0.29) is 5.92 Å². The maximum Gasteiger partial charge on any atom is 0.336 e. The second-order valence-electron chi connectivity index (χ2n) is 4.76. The molecule has 1 aromatic carbocycles. The maximum absolute atomic E-state index is 11.2. The van der Waals surface area contributed by atoms with Gasteiger partial charge in [0.2, 0.25) is 0 Å². The molecule has 0 fully saturated rings. The summed E-state index contributed by atoms with van der Waals surface area (Å²) >= 11 is 0. The molecule has 2 rings (SSSR count). The zero-order valence-corrected chi connectivity index (χ0v) is 9.88. The molecule has 0 amide bonds. The summed E-state index contributed by atoms with van der Waals surface area (Å²) in [6.07, 6.45) is 0. The third kappa shape index (κ3) is 1.89. The van der Waals surface area contributed by atoms with Gasteiger partial charge >= 0.3 is 5.97 Å². The molecule has 92 valence electrons. The molecule has 0 aliphatic carbocycles.